The zero-order valence-corrected chi connectivity index (χ0v) is 15.9. The summed E-state index contributed by atoms with van der Waals surface area (Å²) in [7, 11) is 1.54. The van der Waals surface area contributed by atoms with Gasteiger partial charge in [0.05, 0.1) is 12.8 Å². The van der Waals surface area contributed by atoms with Crippen LogP contribution in [0.25, 0.3) is 11.0 Å². The van der Waals surface area contributed by atoms with E-state index in [0.29, 0.717) is 23.5 Å². The second-order valence-electron chi connectivity index (χ2n) is 7.07. The Morgan fingerprint density at radius 2 is 1.96 bits per heavy atom. The molecule has 0 atom stereocenters. The second kappa shape index (κ2) is 6.99. The van der Waals surface area contributed by atoms with Crippen molar-refractivity contribution in [2.24, 2.45) is 0 Å². The van der Waals surface area contributed by atoms with Crippen LogP contribution in [0.2, 0.25) is 0 Å². The standard InChI is InChI=1S/C21H21FN4O2/c1-21(2,19-6-8-25-26-19)28-18-11-16(22)13(10-17(18)27-3)9-14-12-24-20-15(14)5-4-7-23-20/h4-8,10-12H,9H2,1-3H3,(H,23,24)(H,25,26). The first kappa shape index (κ1) is 18.0. The monoisotopic (exact) mass is 380 g/mol. The molecule has 6 nitrogen and oxygen atoms in total. The minimum absolute atomic E-state index is 0.337. The number of rotatable bonds is 6. The van der Waals surface area contributed by atoms with Crippen molar-refractivity contribution < 1.29 is 13.9 Å². The molecular formula is C21H21FN4O2. The van der Waals surface area contributed by atoms with Gasteiger partial charge >= 0.3 is 0 Å². The van der Waals surface area contributed by atoms with E-state index < -0.39 is 5.60 Å². The van der Waals surface area contributed by atoms with Crippen molar-refractivity contribution in [2.75, 3.05) is 7.11 Å². The Morgan fingerprint density at radius 1 is 1.11 bits per heavy atom. The van der Waals surface area contributed by atoms with E-state index in [-0.39, 0.29) is 5.82 Å². The Morgan fingerprint density at radius 3 is 2.71 bits per heavy atom. The van der Waals surface area contributed by atoms with E-state index in [0.717, 1.165) is 22.3 Å². The highest BCUT2D eigenvalue weighted by molar-refractivity contribution is 5.79. The van der Waals surface area contributed by atoms with Crippen molar-refractivity contribution >= 4 is 11.0 Å². The fourth-order valence-corrected chi connectivity index (χ4v) is 3.24. The molecule has 0 fully saturated rings. The van der Waals surface area contributed by atoms with Crippen LogP contribution in [-0.2, 0) is 12.0 Å². The zero-order chi connectivity index (χ0) is 19.7. The Hall–Kier alpha value is -3.35. The number of pyridine rings is 1. The summed E-state index contributed by atoms with van der Waals surface area (Å²) in [6.45, 7) is 3.76. The van der Waals surface area contributed by atoms with Crippen LogP contribution in [-0.4, -0.2) is 27.3 Å². The van der Waals surface area contributed by atoms with Crippen molar-refractivity contribution in [3.8, 4) is 11.5 Å². The molecule has 0 aliphatic heterocycles. The smallest absolute Gasteiger partial charge is 0.165 e. The summed E-state index contributed by atoms with van der Waals surface area (Å²) in [4.78, 5) is 7.39. The van der Waals surface area contributed by atoms with Gasteiger partial charge in [0.2, 0.25) is 0 Å². The summed E-state index contributed by atoms with van der Waals surface area (Å²) in [5.41, 5.74) is 2.33. The maximum absolute atomic E-state index is 14.9. The molecule has 0 saturated heterocycles. The molecule has 0 amide bonds. The molecule has 7 heteroatoms. The summed E-state index contributed by atoms with van der Waals surface area (Å²) < 4.78 is 26.4. The summed E-state index contributed by atoms with van der Waals surface area (Å²) >= 11 is 0. The predicted octanol–water partition coefficient (Wildman–Crippen LogP) is 4.34. The average molecular weight is 380 g/mol. The number of nitrogens with one attached hydrogen (secondary N) is 2. The topological polar surface area (TPSA) is 75.8 Å². The molecule has 0 aliphatic rings. The first-order chi connectivity index (χ1) is 13.5. The summed E-state index contributed by atoms with van der Waals surface area (Å²) in [5.74, 6) is 0.459. The van der Waals surface area contributed by atoms with Crippen LogP contribution in [0, 0.1) is 5.82 Å². The zero-order valence-electron chi connectivity index (χ0n) is 15.9. The minimum Gasteiger partial charge on any atom is -0.493 e. The van der Waals surface area contributed by atoms with Crippen LogP contribution in [0.3, 0.4) is 0 Å². The third-order valence-electron chi connectivity index (χ3n) is 4.76. The van der Waals surface area contributed by atoms with E-state index in [1.165, 1.54) is 6.07 Å². The summed E-state index contributed by atoms with van der Waals surface area (Å²) in [6, 6.07) is 8.71. The molecule has 0 aliphatic carbocycles. The quantitative estimate of drug-likeness (QED) is 0.522. The first-order valence-corrected chi connectivity index (χ1v) is 8.94. The number of hydrogen-bond acceptors (Lipinski definition) is 4. The molecule has 0 unspecified atom stereocenters. The molecule has 4 aromatic rings. The number of nitrogens with zero attached hydrogens (tertiary/aromatic N) is 2. The van der Waals surface area contributed by atoms with Crippen molar-refractivity contribution in [1.82, 2.24) is 20.2 Å². The lowest BCUT2D eigenvalue weighted by molar-refractivity contribution is 0.0986. The van der Waals surface area contributed by atoms with Gasteiger partial charge in [0.1, 0.15) is 17.1 Å². The molecule has 0 radical (unpaired) electrons. The van der Waals surface area contributed by atoms with Crippen LogP contribution < -0.4 is 9.47 Å². The third-order valence-corrected chi connectivity index (χ3v) is 4.76. The number of methoxy groups -OCH3 is 1. The maximum Gasteiger partial charge on any atom is 0.165 e. The minimum atomic E-state index is -0.722. The summed E-state index contributed by atoms with van der Waals surface area (Å²) in [6.07, 6.45) is 5.64. The van der Waals surface area contributed by atoms with Crippen LogP contribution in [0.1, 0.15) is 30.7 Å². The lowest BCUT2D eigenvalue weighted by Crippen LogP contribution is -2.26. The Labute approximate surface area is 161 Å². The molecule has 28 heavy (non-hydrogen) atoms. The number of fused-ring (bicyclic) bond motifs is 1. The SMILES string of the molecule is COc1cc(Cc2c[nH]c3ncccc23)c(F)cc1OC(C)(C)c1ccn[nH]1. The largest absolute Gasteiger partial charge is 0.493 e. The van der Waals surface area contributed by atoms with Crippen molar-refractivity contribution in [2.45, 2.75) is 25.9 Å². The third kappa shape index (κ3) is 3.31. The maximum atomic E-state index is 14.9. The number of aromatic amines is 2. The molecule has 0 bridgehead atoms. The van der Waals surface area contributed by atoms with E-state index in [1.807, 2.05) is 38.2 Å². The number of H-pyrrole nitrogens is 2. The van der Waals surface area contributed by atoms with E-state index in [4.69, 9.17) is 9.47 Å². The van der Waals surface area contributed by atoms with Gasteiger partial charge in [-0.25, -0.2) is 9.37 Å². The number of aromatic nitrogens is 4. The van der Waals surface area contributed by atoms with Gasteiger partial charge in [-0.1, -0.05) is 0 Å². The molecule has 144 valence electrons. The van der Waals surface area contributed by atoms with Gasteiger partial charge in [-0.2, -0.15) is 5.10 Å². The number of halogens is 1. The van der Waals surface area contributed by atoms with Crippen molar-refractivity contribution in [1.29, 1.82) is 0 Å². The van der Waals surface area contributed by atoms with Gasteiger partial charge in [-0.05, 0) is 49.2 Å². The molecule has 0 saturated carbocycles. The highest BCUT2D eigenvalue weighted by Crippen LogP contribution is 2.36. The van der Waals surface area contributed by atoms with Crippen molar-refractivity contribution in [3.05, 3.63) is 71.6 Å². The fourth-order valence-electron chi connectivity index (χ4n) is 3.24. The van der Waals surface area contributed by atoms with Gasteiger partial charge in [-0.3, -0.25) is 5.10 Å². The Kier molecular flexibility index (Phi) is 4.50. The lowest BCUT2D eigenvalue weighted by Gasteiger charge is -2.26. The lowest BCUT2D eigenvalue weighted by atomic mass is 10.0. The molecule has 1 aromatic carbocycles. The second-order valence-corrected chi connectivity index (χ2v) is 7.07. The number of ether oxygens (including phenoxy) is 2. The molecule has 3 aromatic heterocycles. The first-order valence-electron chi connectivity index (χ1n) is 8.94. The van der Waals surface area contributed by atoms with Crippen molar-refractivity contribution in [3.63, 3.8) is 0 Å². The Bertz CT molecular complexity index is 1100. The fraction of sp³-hybridized carbons (Fsp3) is 0.238. The molecule has 3 heterocycles. The number of benzene rings is 1. The highest BCUT2D eigenvalue weighted by Gasteiger charge is 2.26. The van der Waals surface area contributed by atoms with E-state index in [9.17, 15) is 4.39 Å². The van der Waals surface area contributed by atoms with Gasteiger partial charge in [0.25, 0.3) is 0 Å². The Balaban J connectivity index is 1.66. The van der Waals surface area contributed by atoms with Gasteiger partial charge in [0.15, 0.2) is 11.5 Å². The normalized spacial score (nSPS) is 11.7. The van der Waals surface area contributed by atoms with Gasteiger partial charge < -0.3 is 14.5 Å². The average Bonchev–Trinajstić information content (AvgIpc) is 3.34. The van der Waals surface area contributed by atoms with Crippen LogP contribution in [0.5, 0.6) is 11.5 Å². The van der Waals surface area contributed by atoms with Gasteiger partial charge in [-0.15, -0.1) is 0 Å². The van der Waals surface area contributed by atoms with Crippen LogP contribution >= 0.6 is 0 Å². The summed E-state index contributed by atoms with van der Waals surface area (Å²) in [5, 5.41) is 7.82. The molecule has 2 N–H and O–H groups in total. The molecule has 4 rings (SSSR count). The van der Waals surface area contributed by atoms with Gasteiger partial charge in [0, 0.05) is 36.5 Å². The highest BCUT2D eigenvalue weighted by atomic mass is 19.1. The molecule has 0 spiro atoms. The molecular weight excluding hydrogens is 359 g/mol. The van der Waals surface area contributed by atoms with Crippen LogP contribution in [0.4, 0.5) is 4.39 Å². The van der Waals surface area contributed by atoms with E-state index >= 15 is 0 Å². The van der Waals surface area contributed by atoms with E-state index in [2.05, 4.69) is 20.2 Å². The number of hydrogen-bond donors (Lipinski definition) is 2. The van der Waals surface area contributed by atoms with Crippen LogP contribution in [0.15, 0.2) is 48.9 Å². The van der Waals surface area contributed by atoms with E-state index in [1.54, 1.807) is 25.6 Å². The predicted molar refractivity (Wildman–Crippen MR) is 104 cm³/mol.